The Balaban J connectivity index is 0.000000644. The van der Waals surface area contributed by atoms with Crippen molar-refractivity contribution < 1.29 is 51.0 Å². The summed E-state index contributed by atoms with van der Waals surface area (Å²) in [7, 11) is -3.77. The number of nitrogens with one attached hydrogen (secondary N) is 4. The van der Waals surface area contributed by atoms with Crippen LogP contribution in [-0.2, 0) is 37.2 Å². The van der Waals surface area contributed by atoms with Crippen molar-refractivity contribution in [1.82, 2.24) is 30.3 Å². The zero-order valence-corrected chi connectivity index (χ0v) is 24.9. The molecule has 0 bridgehead atoms. The van der Waals surface area contributed by atoms with E-state index in [1.165, 1.54) is 0 Å². The molecule has 0 radical (unpaired) electrons. The summed E-state index contributed by atoms with van der Waals surface area (Å²) >= 11 is 0. The zero-order chi connectivity index (χ0) is 34.4. The first-order valence-corrected chi connectivity index (χ1v) is 15.2. The summed E-state index contributed by atoms with van der Waals surface area (Å²) < 4.78 is 58.2. The lowest BCUT2D eigenvalue weighted by atomic mass is 10.0. The molecule has 3 atom stereocenters. The molecule has 0 aliphatic carbocycles. The van der Waals surface area contributed by atoms with E-state index in [-0.39, 0.29) is 19.3 Å². The number of alkyl halides is 3. The Morgan fingerprint density at radius 3 is 2.15 bits per heavy atom. The van der Waals surface area contributed by atoms with Crippen molar-refractivity contribution in [2.24, 2.45) is 0 Å². The number of nitrogens with zero attached hydrogens (tertiary/aromatic N) is 2. The molecule has 14 nitrogen and oxygen atoms in total. The Labute approximate surface area is 264 Å². The number of carbonyl (C=O) groups is 4. The molecule has 2 unspecified atom stereocenters. The molecule has 3 amide bonds. The number of aromatic nitrogens is 3. The van der Waals surface area contributed by atoms with Crippen molar-refractivity contribution in [3.63, 3.8) is 0 Å². The third-order valence-electron chi connectivity index (χ3n) is 6.86. The van der Waals surface area contributed by atoms with Crippen molar-refractivity contribution in [1.29, 1.82) is 0 Å². The number of carboxylic acid groups (broad SMARTS) is 2. The zero-order valence-electron chi connectivity index (χ0n) is 24.1. The fourth-order valence-electron chi connectivity index (χ4n) is 4.62. The SMILES string of the molecule is O=C(O)C(F)(F)F.O=C1CC(c2ccc(CC(NC(=O)N[C@H](Cc3ccccc3)C(=O)O)c3nc4ccncc4[nH]3)cc2)S(=O)(=O)N1. The largest absolute Gasteiger partial charge is 0.490 e. The standard InChI is InChI=1S/C27H26N6O6S.C2HF3O2/c34-24-14-23(40(38,39)33-24)18-8-6-17(7-9-18)12-20(25-29-19-10-11-28-15-22(19)30-25)31-27(37)32-21(26(35)36)13-16-4-2-1-3-5-16;3-2(4,5)1(6)7/h1-11,15,20-21,23H,12-14H2,(H,29,30)(H,33,34)(H,35,36)(H2,31,32,37);(H,6,7)/t20?,21-,23?;/m1./s1. The number of fused-ring (bicyclic) bond motifs is 1. The number of rotatable bonds is 9. The van der Waals surface area contributed by atoms with E-state index in [0.717, 1.165) is 11.1 Å². The van der Waals surface area contributed by atoms with Crippen molar-refractivity contribution in [2.45, 2.75) is 42.8 Å². The number of urea groups is 1. The number of carbonyl (C=O) groups excluding carboxylic acids is 2. The maximum Gasteiger partial charge on any atom is 0.490 e. The summed E-state index contributed by atoms with van der Waals surface area (Å²) in [6.45, 7) is 0. The number of pyridine rings is 1. The number of carboxylic acids is 2. The molecule has 1 aliphatic rings. The highest BCUT2D eigenvalue weighted by molar-refractivity contribution is 7.90. The molecule has 3 heterocycles. The average Bonchev–Trinajstić information content (AvgIpc) is 3.56. The van der Waals surface area contributed by atoms with Crippen molar-refractivity contribution in [3.05, 3.63) is 95.6 Å². The molecule has 18 heteroatoms. The molecule has 248 valence electrons. The summed E-state index contributed by atoms with van der Waals surface area (Å²) in [6.07, 6.45) is -1.67. The highest BCUT2D eigenvalue weighted by Gasteiger charge is 2.38. The lowest BCUT2D eigenvalue weighted by Crippen LogP contribution is -2.48. The van der Waals surface area contributed by atoms with E-state index in [1.54, 1.807) is 67.0 Å². The average molecular weight is 677 g/mol. The van der Waals surface area contributed by atoms with E-state index < -0.39 is 57.4 Å². The molecule has 1 fully saturated rings. The first-order chi connectivity index (χ1) is 22.1. The van der Waals surface area contributed by atoms with E-state index in [2.05, 4.69) is 25.6 Å². The predicted octanol–water partition coefficient (Wildman–Crippen LogP) is 2.76. The number of sulfonamides is 1. The van der Waals surface area contributed by atoms with Crippen LogP contribution in [0.5, 0.6) is 0 Å². The number of aliphatic carboxylic acids is 2. The smallest absolute Gasteiger partial charge is 0.480 e. The van der Waals surface area contributed by atoms with Gasteiger partial charge in [0.05, 0.1) is 29.7 Å². The fourth-order valence-corrected chi connectivity index (χ4v) is 6.05. The summed E-state index contributed by atoms with van der Waals surface area (Å²) in [5, 5.41) is 21.2. The maximum atomic E-state index is 13.0. The monoisotopic (exact) mass is 676 g/mol. The van der Waals surface area contributed by atoms with E-state index in [0.29, 0.717) is 22.4 Å². The van der Waals surface area contributed by atoms with Gasteiger partial charge in [0.25, 0.3) is 0 Å². The van der Waals surface area contributed by atoms with Gasteiger partial charge in [-0.25, -0.2) is 27.8 Å². The first kappa shape index (κ1) is 34.4. The van der Waals surface area contributed by atoms with Crippen molar-refractivity contribution >= 4 is 44.9 Å². The topological polar surface area (TPSA) is 221 Å². The van der Waals surface area contributed by atoms with Crippen LogP contribution in [0.1, 0.15) is 40.2 Å². The number of H-pyrrole nitrogens is 1. The van der Waals surface area contributed by atoms with Gasteiger partial charge in [-0.3, -0.25) is 14.5 Å². The number of aromatic amines is 1. The third-order valence-corrected chi connectivity index (χ3v) is 8.56. The minimum atomic E-state index is -5.08. The molecule has 4 aromatic rings. The van der Waals surface area contributed by atoms with Crippen LogP contribution in [-0.4, -0.2) is 69.7 Å². The Kier molecular flexibility index (Phi) is 10.4. The van der Waals surface area contributed by atoms with Crippen LogP contribution in [0.15, 0.2) is 73.1 Å². The first-order valence-electron chi connectivity index (χ1n) is 13.7. The maximum absolute atomic E-state index is 13.0. The minimum absolute atomic E-state index is 0.105. The van der Waals surface area contributed by atoms with Crippen LogP contribution >= 0.6 is 0 Å². The van der Waals surface area contributed by atoms with Crippen LogP contribution in [0.3, 0.4) is 0 Å². The van der Waals surface area contributed by atoms with Crippen LogP contribution < -0.4 is 15.4 Å². The molecule has 1 saturated heterocycles. The van der Waals surface area contributed by atoms with Crippen LogP contribution in [0.4, 0.5) is 18.0 Å². The van der Waals surface area contributed by atoms with Gasteiger partial charge in [-0.15, -0.1) is 0 Å². The minimum Gasteiger partial charge on any atom is -0.480 e. The van der Waals surface area contributed by atoms with E-state index in [1.807, 2.05) is 10.8 Å². The highest BCUT2D eigenvalue weighted by Crippen LogP contribution is 2.30. The molecule has 6 N–H and O–H groups in total. The fraction of sp³-hybridized carbons (Fsp3) is 0.241. The highest BCUT2D eigenvalue weighted by atomic mass is 32.2. The van der Waals surface area contributed by atoms with Crippen LogP contribution in [0.25, 0.3) is 11.0 Å². The van der Waals surface area contributed by atoms with Gasteiger partial charge in [-0.05, 0) is 29.2 Å². The lowest BCUT2D eigenvalue weighted by Gasteiger charge is -2.20. The lowest BCUT2D eigenvalue weighted by molar-refractivity contribution is -0.192. The molecule has 2 aromatic carbocycles. The molecular formula is C29H27F3N6O8S. The number of benzene rings is 2. The van der Waals surface area contributed by atoms with Gasteiger partial charge in [0.1, 0.15) is 17.1 Å². The van der Waals surface area contributed by atoms with E-state index in [9.17, 15) is 41.1 Å². The normalized spacial score (nSPS) is 16.7. The number of imidazole rings is 1. The van der Waals surface area contributed by atoms with Crippen molar-refractivity contribution in [2.75, 3.05) is 0 Å². The number of halogens is 3. The summed E-state index contributed by atoms with van der Waals surface area (Å²) in [5.41, 5.74) is 3.29. The molecular weight excluding hydrogens is 649 g/mol. The second kappa shape index (κ2) is 14.3. The van der Waals surface area contributed by atoms with Gasteiger partial charge in [0.15, 0.2) is 0 Å². The van der Waals surface area contributed by atoms with Gasteiger partial charge in [-0.2, -0.15) is 13.2 Å². The summed E-state index contributed by atoms with van der Waals surface area (Å²) in [5.74, 6) is -4.04. The van der Waals surface area contributed by atoms with Gasteiger partial charge >= 0.3 is 24.1 Å². The second-order valence-electron chi connectivity index (χ2n) is 10.3. The van der Waals surface area contributed by atoms with Crippen LogP contribution in [0, 0.1) is 0 Å². The quantitative estimate of drug-likeness (QED) is 0.152. The molecule has 2 aromatic heterocycles. The number of hydrogen-bond acceptors (Lipinski definition) is 8. The molecule has 1 aliphatic heterocycles. The van der Waals surface area contributed by atoms with Crippen molar-refractivity contribution in [3.8, 4) is 0 Å². The Bertz CT molecular complexity index is 1840. The Morgan fingerprint density at radius 2 is 1.60 bits per heavy atom. The van der Waals surface area contributed by atoms with E-state index >= 15 is 0 Å². The van der Waals surface area contributed by atoms with E-state index in [4.69, 9.17) is 9.90 Å². The summed E-state index contributed by atoms with van der Waals surface area (Å²) in [6, 6.07) is 14.9. The summed E-state index contributed by atoms with van der Waals surface area (Å²) in [4.78, 5) is 57.2. The Hall–Kier alpha value is -5.52. The third kappa shape index (κ3) is 9.25. The Morgan fingerprint density at radius 1 is 0.957 bits per heavy atom. The molecule has 0 saturated carbocycles. The van der Waals surface area contributed by atoms with Gasteiger partial charge in [0, 0.05) is 12.6 Å². The molecule has 0 spiro atoms. The van der Waals surface area contributed by atoms with Gasteiger partial charge < -0.3 is 25.8 Å². The second-order valence-corrected chi connectivity index (χ2v) is 12.1. The van der Waals surface area contributed by atoms with Gasteiger partial charge in [0.2, 0.25) is 15.9 Å². The molecule has 47 heavy (non-hydrogen) atoms. The molecule has 5 rings (SSSR count). The number of hydrogen-bond donors (Lipinski definition) is 6. The van der Waals surface area contributed by atoms with Crippen LogP contribution in [0.2, 0.25) is 0 Å². The van der Waals surface area contributed by atoms with Gasteiger partial charge in [-0.1, -0.05) is 54.6 Å². The predicted molar refractivity (Wildman–Crippen MR) is 158 cm³/mol. The number of amides is 3.